The van der Waals surface area contributed by atoms with Crippen LogP contribution in [0, 0.1) is 0 Å². The molecule has 124 valence electrons. The van der Waals surface area contributed by atoms with Crippen molar-refractivity contribution in [1.82, 2.24) is 20.2 Å². The summed E-state index contributed by atoms with van der Waals surface area (Å²) in [5.41, 5.74) is 2.16. The van der Waals surface area contributed by atoms with Gasteiger partial charge in [0.25, 0.3) is 0 Å². The topological polar surface area (TPSA) is 64.9 Å². The van der Waals surface area contributed by atoms with E-state index in [1.54, 1.807) is 4.68 Å². The highest BCUT2D eigenvalue weighted by atomic mass is 35.5. The van der Waals surface area contributed by atoms with E-state index in [0.717, 1.165) is 23.4 Å². The molecule has 3 aromatic rings. The number of rotatable bonds is 7. The Kier molecular flexibility index (Phi) is 5.28. The Balaban J connectivity index is 1.53. The second kappa shape index (κ2) is 7.79. The summed E-state index contributed by atoms with van der Waals surface area (Å²) in [5, 5.41) is 15.4. The molecule has 1 N–H and O–H groups in total. The van der Waals surface area contributed by atoms with Crippen LogP contribution in [0.25, 0.3) is 0 Å². The van der Waals surface area contributed by atoms with E-state index < -0.39 is 0 Å². The molecule has 0 radical (unpaired) electrons. The fraction of sp³-hybridized carbons (Fsp3) is 0.235. The zero-order valence-electron chi connectivity index (χ0n) is 13.3. The molecule has 6 nitrogen and oxygen atoms in total. The van der Waals surface area contributed by atoms with Gasteiger partial charge in [-0.1, -0.05) is 41.0 Å². The number of aromatic nitrogens is 4. The smallest absolute Gasteiger partial charge is 0.243 e. The molecule has 3 rings (SSSR count). The van der Waals surface area contributed by atoms with Crippen LogP contribution < -0.4 is 10.1 Å². The molecule has 0 unspecified atom stereocenters. The predicted octanol–water partition coefficient (Wildman–Crippen LogP) is 3.54. The lowest BCUT2D eigenvalue weighted by atomic mass is 10.2. The summed E-state index contributed by atoms with van der Waals surface area (Å²) < 4.78 is 7.48. The van der Waals surface area contributed by atoms with Gasteiger partial charge in [-0.3, -0.25) is 0 Å². The second-order valence-electron chi connectivity index (χ2n) is 5.23. The van der Waals surface area contributed by atoms with Gasteiger partial charge in [-0.05, 0) is 52.7 Å². The number of tetrazole rings is 1. The maximum atomic E-state index is 5.97. The molecule has 1 aromatic heterocycles. The van der Waals surface area contributed by atoms with Crippen LogP contribution in [-0.2, 0) is 19.7 Å². The van der Waals surface area contributed by atoms with E-state index in [4.69, 9.17) is 16.3 Å². The first-order valence-corrected chi connectivity index (χ1v) is 8.08. The zero-order valence-corrected chi connectivity index (χ0v) is 14.1. The Labute approximate surface area is 145 Å². The van der Waals surface area contributed by atoms with E-state index in [-0.39, 0.29) is 0 Å². The quantitative estimate of drug-likeness (QED) is 0.710. The molecule has 0 aliphatic rings. The van der Waals surface area contributed by atoms with Crippen molar-refractivity contribution < 1.29 is 4.74 Å². The van der Waals surface area contributed by atoms with Gasteiger partial charge in [-0.2, -0.15) is 0 Å². The molecule has 0 fully saturated rings. The fourth-order valence-corrected chi connectivity index (χ4v) is 2.44. The fourth-order valence-electron chi connectivity index (χ4n) is 2.22. The maximum Gasteiger partial charge on any atom is 0.243 e. The molecular weight excluding hydrogens is 326 g/mol. The Morgan fingerprint density at radius 3 is 2.71 bits per heavy atom. The van der Waals surface area contributed by atoms with Crippen LogP contribution >= 0.6 is 11.6 Å². The number of halogens is 1. The number of benzene rings is 2. The summed E-state index contributed by atoms with van der Waals surface area (Å²) in [6.45, 7) is 3.86. The number of nitrogens with zero attached hydrogens (tertiary/aromatic N) is 4. The summed E-state index contributed by atoms with van der Waals surface area (Å²) >= 11 is 5.97. The summed E-state index contributed by atoms with van der Waals surface area (Å²) in [4.78, 5) is 0. The Hall–Kier alpha value is -2.60. The van der Waals surface area contributed by atoms with Crippen LogP contribution in [0.2, 0.25) is 5.02 Å². The molecule has 0 amide bonds. The minimum atomic E-state index is 0.490. The SMILES string of the molecule is CCn1nnnc1NCc1ccc(OCc2cccc(Cl)c2)cc1. The monoisotopic (exact) mass is 343 g/mol. The maximum absolute atomic E-state index is 5.97. The largest absolute Gasteiger partial charge is 0.489 e. The van der Waals surface area contributed by atoms with Crippen LogP contribution in [0.5, 0.6) is 5.75 Å². The van der Waals surface area contributed by atoms with Crippen LogP contribution in [0.3, 0.4) is 0 Å². The van der Waals surface area contributed by atoms with Crippen molar-refractivity contribution in [3.05, 3.63) is 64.7 Å². The number of nitrogens with one attached hydrogen (secondary N) is 1. The van der Waals surface area contributed by atoms with E-state index in [9.17, 15) is 0 Å². The van der Waals surface area contributed by atoms with E-state index in [1.165, 1.54) is 0 Å². The first-order valence-electron chi connectivity index (χ1n) is 7.71. The molecule has 7 heteroatoms. The normalized spacial score (nSPS) is 10.6. The third-order valence-electron chi connectivity index (χ3n) is 3.50. The first kappa shape index (κ1) is 16.3. The van der Waals surface area contributed by atoms with Crippen molar-refractivity contribution in [2.45, 2.75) is 26.6 Å². The van der Waals surface area contributed by atoms with E-state index in [0.29, 0.717) is 24.1 Å². The van der Waals surface area contributed by atoms with Crippen molar-refractivity contribution >= 4 is 17.5 Å². The van der Waals surface area contributed by atoms with Gasteiger partial charge >= 0.3 is 0 Å². The minimum absolute atomic E-state index is 0.490. The van der Waals surface area contributed by atoms with Crippen LogP contribution in [0.1, 0.15) is 18.1 Å². The molecular formula is C17H18ClN5O. The summed E-state index contributed by atoms with van der Waals surface area (Å²) in [7, 11) is 0. The zero-order chi connectivity index (χ0) is 16.8. The van der Waals surface area contributed by atoms with Crippen molar-refractivity contribution in [1.29, 1.82) is 0 Å². The molecule has 0 saturated heterocycles. The van der Waals surface area contributed by atoms with Gasteiger partial charge in [0, 0.05) is 18.1 Å². The van der Waals surface area contributed by atoms with E-state index in [2.05, 4.69) is 20.8 Å². The highest BCUT2D eigenvalue weighted by molar-refractivity contribution is 6.30. The molecule has 2 aromatic carbocycles. The number of aryl methyl sites for hydroxylation is 1. The van der Waals surface area contributed by atoms with Gasteiger partial charge < -0.3 is 10.1 Å². The van der Waals surface area contributed by atoms with E-state index >= 15 is 0 Å². The first-order chi connectivity index (χ1) is 11.7. The van der Waals surface area contributed by atoms with Gasteiger partial charge in [0.1, 0.15) is 12.4 Å². The lowest BCUT2D eigenvalue weighted by Crippen LogP contribution is -2.07. The van der Waals surface area contributed by atoms with Crippen molar-refractivity contribution in [2.24, 2.45) is 0 Å². The third-order valence-corrected chi connectivity index (χ3v) is 3.74. The highest BCUT2D eigenvalue weighted by Crippen LogP contribution is 2.16. The standard InChI is InChI=1S/C17H18ClN5O/c1-2-23-17(20-21-22-23)19-11-13-6-8-16(9-7-13)24-12-14-4-3-5-15(18)10-14/h3-10H,2,11-12H2,1H3,(H,19,20,22). The number of hydrogen-bond donors (Lipinski definition) is 1. The Morgan fingerprint density at radius 2 is 1.96 bits per heavy atom. The molecule has 1 heterocycles. The summed E-state index contributed by atoms with van der Waals surface area (Å²) in [6, 6.07) is 15.6. The lowest BCUT2D eigenvalue weighted by molar-refractivity contribution is 0.306. The van der Waals surface area contributed by atoms with Gasteiger partial charge in [-0.15, -0.1) is 0 Å². The second-order valence-corrected chi connectivity index (χ2v) is 5.67. The highest BCUT2D eigenvalue weighted by Gasteiger charge is 2.03. The molecule has 0 saturated carbocycles. The van der Waals surface area contributed by atoms with E-state index in [1.807, 2.05) is 55.5 Å². The van der Waals surface area contributed by atoms with Crippen molar-refractivity contribution in [3.63, 3.8) is 0 Å². The molecule has 24 heavy (non-hydrogen) atoms. The van der Waals surface area contributed by atoms with Gasteiger partial charge in [-0.25, -0.2) is 4.68 Å². The summed E-state index contributed by atoms with van der Waals surface area (Å²) in [5.74, 6) is 1.48. The van der Waals surface area contributed by atoms with Crippen molar-refractivity contribution in [2.75, 3.05) is 5.32 Å². The van der Waals surface area contributed by atoms with Crippen LogP contribution in [-0.4, -0.2) is 20.2 Å². The molecule has 0 atom stereocenters. The number of hydrogen-bond acceptors (Lipinski definition) is 5. The predicted molar refractivity (Wildman–Crippen MR) is 93.0 cm³/mol. The average Bonchev–Trinajstić information content (AvgIpc) is 3.07. The lowest BCUT2D eigenvalue weighted by Gasteiger charge is -2.09. The number of ether oxygens (including phenoxy) is 1. The average molecular weight is 344 g/mol. The molecule has 0 bridgehead atoms. The van der Waals surface area contributed by atoms with Crippen molar-refractivity contribution in [3.8, 4) is 5.75 Å². The van der Waals surface area contributed by atoms with Gasteiger partial charge in [0.2, 0.25) is 5.95 Å². The minimum Gasteiger partial charge on any atom is -0.489 e. The Bertz CT molecular complexity index is 788. The molecule has 0 spiro atoms. The Morgan fingerprint density at radius 1 is 1.12 bits per heavy atom. The molecule has 0 aliphatic heterocycles. The van der Waals surface area contributed by atoms with Crippen LogP contribution in [0.15, 0.2) is 48.5 Å². The van der Waals surface area contributed by atoms with Crippen LogP contribution in [0.4, 0.5) is 5.95 Å². The summed E-state index contributed by atoms with van der Waals surface area (Å²) in [6.07, 6.45) is 0. The molecule has 0 aliphatic carbocycles. The third kappa shape index (κ3) is 4.23. The number of anilines is 1. The van der Waals surface area contributed by atoms with Gasteiger partial charge in [0.15, 0.2) is 0 Å². The van der Waals surface area contributed by atoms with Gasteiger partial charge in [0.05, 0.1) is 0 Å².